The van der Waals surface area contributed by atoms with Crippen LogP contribution >= 0.6 is 0 Å². The number of nitrogens with two attached hydrogens (primary N) is 2. The van der Waals surface area contributed by atoms with Crippen LogP contribution in [0.1, 0.15) is 103 Å². The van der Waals surface area contributed by atoms with E-state index in [9.17, 15) is 0 Å². The molecule has 1 atom stereocenters. The molecule has 0 saturated heterocycles. The highest BCUT2D eigenvalue weighted by Crippen LogP contribution is 2.14. The van der Waals surface area contributed by atoms with Crippen LogP contribution in [0.5, 0.6) is 0 Å². The average Bonchev–Trinajstić information content (AvgIpc) is 3.07. The van der Waals surface area contributed by atoms with E-state index in [0.29, 0.717) is 19.1 Å². The highest BCUT2D eigenvalue weighted by Gasteiger charge is 2.21. The second kappa shape index (κ2) is 18.2. The van der Waals surface area contributed by atoms with Crippen molar-refractivity contribution in [1.29, 1.82) is 0 Å². The smallest absolute Gasteiger partial charge is 0.123 e. The van der Waals surface area contributed by atoms with Crippen molar-refractivity contribution in [2.75, 3.05) is 26.2 Å². The van der Waals surface area contributed by atoms with E-state index in [1.807, 2.05) is 0 Å². The van der Waals surface area contributed by atoms with Gasteiger partial charge in [0, 0.05) is 19.6 Å². The molecule has 0 fully saturated rings. The molecule has 0 aromatic carbocycles. The monoisotopic (exact) mass is 392 g/mol. The van der Waals surface area contributed by atoms with Gasteiger partial charge in [0.15, 0.2) is 0 Å². The van der Waals surface area contributed by atoms with Gasteiger partial charge in [0.25, 0.3) is 0 Å². The third-order valence-corrected chi connectivity index (χ3v) is 5.71. The van der Waals surface area contributed by atoms with Crippen LogP contribution in [-0.2, 0) is 0 Å². The summed E-state index contributed by atoms with van der Waals surface area (Å²) in [6.45, 7) is 5.55. The zero-order valence-corrected chi connectivity index (χ0v) is 18.7. The molecule has 0 spiro atoms. The molecular formula is C24H48N4. The van der Waals surface area contributed by atoms with E-state index < -0.39 is 0 Å². The molecule has 0 aromatic rings. The molecule has 0 amide bonds. The Hall–Kier alpha value is -0.870. The largest absolute Gasteiger partial charge is 0.354 e. The molecule has 4 nitrogen and oxygen atoms in total. The highest BCUT2D eigenvalue weighted by molar-refractivity contribution is 5.94. The second-order valence-corrected chi connectivity index (χ2v) is 8.39. The van der Waals surface area contributed by atoms with Crippen molar-refractivity contribution >= 4 is 5.84 Å². The van der Waals surface area contributed by atoms with Crippen LogP contribution < -0.4 is 11.5 Å². The van der Waals surface area contributed by atoms with Crippen molar-refractivity contribution in [2.45, 2.75) is 109 Å². The summed E-state index contributed by atoms with van der Waals surface area (Å²) in [7, 11) is 0. The number of rotatable bonds is 19. The van der Waals surface area contributed by atoms with Crippen LogP contribution in [0.3, 0.4) is 0 Å². The van der Waals surface area contributed by atoms with E-state index in [0.717, 1.165) is 31.8 Å². The summed E-state index contributed by atoms with van der Waals surface area (Å²) < 4.78 is 0. The van der Waals surface area contributed by atoms with Crippen LogP contribution in [0.15, 0.2) is 17.1 Å². The molecule has 0 saturated carbocycles. The van der Waals surface area contributed by atoms with E-state index in [1.165, 1.54) is 83.5 Å². The number of hydrogen-bond acceptors (Lipinski definition) is 4. The fourth-order valence-electron chi connectivity index (χ4n) is 3.98. The number of unbranched alkanes of at least 4 members (excludes halogenated alkanes) is 13. The van der Waals surface area contributed by atoms with Crippen LogP contribution in [0.4, 0.5) is 0 Å². The Labute approximate surface area is 175 Å². The lowest BCUT2D eigenvalue weighted by molar-refractivity contribution is 0.425. The minimum atomic E-state index is 0.354. The number of aliphatic imine (C=N–C) groups is 1. The molecule has 1 heterocycles. The van der Waals surface area contributed by atoms with Crippen molar-refractivity contribution in [3.63, 3.8) is 0 Å². The minimum absolute atomic E-state index is 0.354. The fourth-order valence-corrected chi connectivity index (χ4v) is 3.98. The van der Waals surface area contributed by atoms with Crippen molar-refractivity contribution in [1.82, 2.24) is 4.90 Å². The predicted molar refractivity (Wildman–Crippen MR) is 125 cm³/mol. The summed E-state index contributed by atoms with van der Waals surface area (Å²) in [5.41, 5.74) is 11.4. The lowest BCUT2D eigenvalue weighted by Gasteiger charge is -2.18. The SMILES string of the molecule is CCCCCCCCCCCCCCCC=CC1=NC(CCN)CN1CCN. The third kappa shape index (κ3) is 12.6. The summed E-state index contributed by atoms with van der Waals surface area (Å²) >= 11 is 0. The van der Waals surface area contributed by atoms with Crippen molar-refractivity contribution < 1.29 is 0 Å². The summed E-state index contributed by atoms with van der Waals surface area (Å²) in [5, 5.41) is 0. The fraction of sp³-hybridized carbons (Fsp3) is 0.875. The van der Waals surface area contributed by atoms with Gasteiger partial charge in [0.1, 0.15) is 5.84 Å². The molecule has 0 radical (unpaired) electrons. The standard InChI is InChI=1S/C24H48N4/c1-2-3-4-5-6-7-8-9-10-11-12-13-14-15-16-17-24-27-23(18-19-25)22-28(24)21-20-26/h16-17,23H,2-15,18-22,25-26H2,1H3. The van der Waals surface area contributed by atoms with E-state index in [-0.39, 0.29) is 0 Å². The topological polar surface area (TPSA) is 67.6 Å². The molecule has 4 heteroatoms. The second-order valence-electron chi connectivity index (χ2n) is 8.39. The zero-order chi connectivity index (χ0) is 20.3. The quantitative estimate of drug-likeness (QED) is 0.289. The maximum Gasteiger partial charge on any atom is 0.123 e. The van der Waals surface area contributed by atoms with Crippen LogP contribution in [0.25, 0.3) is 0 Å². The summed E-state index contributed by atoms with van der Waals surface area (Å²) in [4.78, 5) is 7.11. The Kier molecular flexibility index (Phi) is 16.3. The Morgan fingerprint density at radius 2 is 1.43 bits per heavy atom. The molecule has 164 valence electrons. The third-order valence-electron chi connectivity index (χ3n) is 5.71. The van der Waals surface area contributed by atoms with Crippen molar-refractivity contribution in [3.05, 3.63) is 12.2 Å². The van der Waals surface area contributed by atoms with Gasteiger partial charge in [0.2, 0.25) is 0 Å². The lowest BCUT2D eigenvalue weighted by Crippen LogP contribution is -2.33. The van der Waals surface area contributed by atoms with Crippen molar-refractivity contribution in [3.8, 4) is 0 Å². The van der Waals surface area contributed by atoms with E-state index >= 15 is 0 Å². The molecular weight excluding hydrogens is 344 g/mol. The molecule has 0 aliphatic carbocycles. The van der Waals surface area contributed by atoms with Gasteiger partial charge >= 0.3 is 0 Å². The molecule has 1 rings (SSSR count). The summed E-state index contributed by atoms with van der Waals surface area (Å²) in [6.07, 6.45) is 25.0. The van der Waals surface area contributed by atoms with E-state index in [1.54, 1.807) is 0 Å². The zero-order valence-electron chi connectivity index (χ0n) is 18.7. The Morgan fingerprint density at radius 1 is 0.857 bits per heavy atom. The number of nitrogens with zero attached hydrogens (tertiary/aromatic N) is 2. The van der Waals surface area contributed by atoms with Gasteiger partial charge in [-0.2, -0.15) is 0 Å². The maximum atomic E-state index is 5.73. The van der Waals surface area contributed by atoms with Crippen LogP contribution in [0.2, 0.25) is 0 Å². The number of allylic oxidation sites excluding steroid dienone is 1. The molecule has 4 N–H and O–H groups in total. The van der Waals surface area contributed by atoms with E-state index in [2.05, 4.69) is 24.0 Å². The normalized spacial score (nSPS) is 17.0. The van der Waals surface area contributed by atoms with Gasteiger partial charge in [-0.1, -0.05) is 90.0 Å². The van der Waals surface area contributed by atoms with Gasteiger partial charge in [-0.25, -0.2) is 0 Å². The van der Waals surface area contributed by atoms with Crippen LogP contribution in [0, 0.1) is 0 Å². The van der Waals surface area contributed by atoms with E-state index in [4.69, 9.17) is 16.5 Å². The number of amidine groups is 1. The molecule has 0 aromatic heterocycles. The summed E-state index contributed by atoms with van der Waals surface area (Å²) in [5.74, 6) is 1.11. The van der Waals surface area contributed by atoms with Gasteiger partial charge in [-0.3, -0.25) is 4.99 Å². The molecule has 1 aliphatic heterocycles. The van der Waals surface area contributed by atoms with Gasteiger partial charge in [0.05, 0.1) is 6.04 Å². The Balaban J connectivity index is 1.96. The summed E-state index contributed by atoms with van der Waals surface area (Å²) in [6, 6.07) is 0.354. The molecule has 0 bridgehead atoms. The maximum absolute atomic E-state index is 5.73. The Bertz CT molecular complexity index is 405. The van der Waals surface area contributed by atoms with Gasteiger partial charge < -0.3 is 16.4 Å². The van der Waals surface area contributed by atoms with Crippen molar-refractivity contribution in [2.24, 2.45) is 16.5 Å². The lowest BCUT2D eigenvalue weighted by atomic mass is 10.0. The van der Waals surface area contributed by atoms with Gasteiger partial charge in [-0.15, -0.1) is 0 Å². The first kappa shape index (κ1) is 25.2. The highest BCUT2D eigenvalue weighted by atomic mass is 15.3. The number of hydrogen-bond donors (Lipinski definition) is 2. The molecule has 28 heavy (non-hydrogen) atoms. The van der Waals surface area contributed by atoms with Crippen LogP contribution in [-0.4, -0.2) is 43.0 Å². The van der Waals surface area contributed by atoms with Gasteiger partial charge in [-0.05, 0) is 31.9 Å². The minimum Gasteiger partial charge on any atom is -0.354 e. The predicted octanol–water partition coefficient (Wildman–Crippen LogP) is 5.41. The first-order valence-electron chi connectivity index (χ1n) is 12.2. The Morgan fingerprint density at radius 3 is 1.96 bits per heavy atom. The first-order chi connectivity index (χ1) is 13.8. The first-order valence-corrected chi connectivity index (χ1v) is 12.2. The molecule has 1 unspecified atom stereocenters. The molecule has 1 aliphatic rings. The average molecular weight is 393 g/mol.